The number of hydrogen-bond donors (Lipinski definition) is 1. The first kappa shape index (κ1) is 10.9. The van der Waals surface area contributed by atoms with Crippen LogP contribution in [0.2, 0.25) is 0 Å². The van der Waals surface area contributed by atoms with Crippen molar-refractivity contribution < 1.29 is 19.4 Å². The number of hydrogen-bond acceptors (Lipinski definition) is 4. The summed E-state index contributed by atoms with van der Waals surface area (Å²) < 4.78 is 10.0. The Morgan fingerprint density at radius 1 is 1.69 bits per heavy atom. The van der Waals surface area contributed by atoms with E-state index in [-0.39, 0.29) is 11.3 Å². The summed E-state index contributed by atoms with van der Waals surface area (Å²) in [5.74, 6) is 0.156. The minimum Gasteiger partial charge on any atom is -0.449 e. The van der Waals surface area contributed by atoms with E-state index in [1.807, 2.05) is 13.0 Å². The fraction of sp³-hybridized carbons (Fsp3) is 0.455. The van der Waals surface area contributed by atoms with Gasteiger partial charge in [0.1, 0.15) is 0 Å². The maximum atomic E-state index is 10.5. The third-order valence-electron chi connectivity index (χ3n) is 2.82. The second kappa shape index (κ2) is 4.09. The molecule has 16 heavy (non-hydrogen) atoms. The van der Waals surface area contributed by atoms with Gasteiger partial charge in [0, 0.05) is 23.8 Å². The SMILES string of the molecule is CC1(c2cccnc2OC(=O)O)CCOC1. The molecule has 2 heterocycles. The van der Waals surface area contributed by atoms with Crippen LogP contribution in [0.4, 0.5) is 4.79 Å². The fourth-order valence-electron chi connectivity index (χ4n) is 1.89. The number of carbonyl (C=O) groups is 1. The molecule has 1 N–H and O–H groups in total. The van der Waals surface area contributed by atoms with Gasteiger partial charge in [0.15, 0.2) is 0 Å². The van der Waals surface area contributed by atoms with Crippen LogP contribution in [0.1, 0.15) is 18.9 Å². The first-order chi connectivity index (χ1) is 7.62. The van der Waals surface area contributed by atoms with E-state index >= 15 is 0 Å². The van der Waals surface area contributed by atoms with Gasteiger partial charge in [-0.1, -0.05) is 13.0 Å². The molecule has 1 aliphatic heterocycles. The van der Waals surface area contributed by atoms with Gasteiger partial charge in [-0.05, 0) is 12.5 Å². The third kappa shape index (κ3) is 1.99. The Morgan fingerprint density at radius 2 is 2.50 bits per heavy atom. The number of pyridine rings is 1. The van der Waals surface area contributed by atoms with Crippen LogP contribution in [0.15, 0.2) is 18.3 Å². The van der Waals surface area contributed by atoms with Gasteiger partial charge in [-0.2, -0.15) is 0 Å². The molecule has 0 spiro atoms. The Kier molecular flexibility index (Phi) is 2.78. The third-order valence-corrected chi connectivity index (χ3v) is 2.82. The maximum absolute atomic E-state index is 10.5. The lowest BCUT2D eigenvalue weighted by molar-refractivity contribution is 0.140. The van der Waals surface area contributed by atoms with E-state index in [9.17, 15) is 4.79 Å². The van der Waals surface area contributed by atoms with Crippen molar-refractivity contribution in [2.45, 2.75) is 18.8 Å². The molecule has 1 aromatic heterocycles. The molecule has 1 fully saturated rings. The second-order valence-electron chi connectivity index (χ2n) is 4.09. The fourth-order valence-corrected chi connectivity index (χ4v) is 1.89. The molecule has 0 radical (unpaired) electrons. The van der Waals surface area contributed by atoms with Gasteiger partial charge in [-0.3, -0.25) is 0 Å². The van der Waals surface area contributed by atoms with E-state index < -0.39 is 6.16 Å². The standard InChI is InChI=1S/C11H13NO4/c1-11(4-6-15-7-11)8-3-2-5-12-9(8)16-10(13)14/h2-3,5H,4,6-7H2,1H3,(H,13,14). The molecule has 5 nitrogen and oxygen atoms in total. The molecule has 2 rings (SSSR count). The summed E-state index contributed by atoms with van der Waals surface area (Å²) in [6.45, 7) is 3.26. The van der Waals surface area contributed by atoms with Crippen molar-refractivity contribution in [3.63, 3.8) is 0 Å². The zero-order valence-corrected chi connectivity index (χ0v) is 8.97. The molecule has 1 aliphatic rings. The van der Waals surface area contributed by atoms with Crippen LogP contribution in [0.3, 0.4) is 0 Å². The molecule has 0 aromatic carbocycles. The highest BCUT2D eigenvalue weighted by atomic mass is 16.7. The van der Waals surface area contributed by atoms with Crippen LogP contribution in [-0.2, 0) is 10.2 Å². The highest BCUT2D eigenvalue weighted by Gasteiger charge is 2.35. The second-order valence-corrected chi connectivity index (χ2v) is 4.09. The zero-order chi connectivity index (χ0) is 11.6. The topological polar surface area (TPSA) is 68.7 Å². The van der Waals surface area contributed by atoms with Gasteiger partial charge in [-0.15, -0.1) is 0 Å². The van der Waals surface area contributed by atoms with Crippen LogP contribution < -0.4 is 4.74 Å². The lowest BCUT2D eigenvalue weighted by Crippen LogP contribution is -2.24. The summed E-state index contributed by atoms with van der Waals surface area (Å²) in [6, 6.07) is 3.60. The lowest BCUT2D eigenvalue weighted by atomic mass is 9.82. The largest absolute Gasteiger partial charge is 0.512 e. The Labute approximate surface area is 93.0 Å². The Morgan fingerprint density at radius 3 is 3.12 bits per heavy atom. The monoisotopic (exact) mass is 223 g/mol. The number of ether oxygens (including phenoxy) is 2. The predicted molar refractivity (Wildman–Crippen MR) is 55.7 cm³/mol. The average Bonchev–Trinajstić information content (AvgIpc) is 2.66. The number of aromatic nitrogens is 1. The summed E-state index contributed by atoms with van der Waals surface area (Å²) in [5, 5.41) is 8.62. The summed E-state index contributed by atoms with van der Waals surface area (Å²) >= 11 is 0. The summed E-state index contributed by atoms with van der Waals surface area (Å²) in [4.78, 5) is 14.5. The van der Waals surface area contributed by atoms with Crippen molar-refractivity contribution in [1.82, 2.24) is 4.98 Å². The van der Waals surface area contributed by atoms with E-state index in [4.69, 9.17) is 9.84 Å². The van der Waals surface area contributed by atoms with Gasteiger partial charge in [0.05, 0.1) is 6.61 Å². The van der Waals surface area contributed by atoms with E-state index in [2.05, 4.69) is 9.72 Å². The van der Waals surface area contributed by atoms with Gasteiger partial charge < -0.3 is 14.6 Å². The van der Waals surface area contributed by atoms with Gasteiger partial charge in [0.25, 0.3) is 0 Å². The summed E-state index contributed by atoms with van der Waals surface area (Å²) in [6.07, 6.45) is 1.01. The van der Waals surface area contributed by atoms with Crippen molar-refractivity contribution >= 4 is 6.16 Å². The highest BCUT2D eigenvalue weighted by molar-refractivity contribution is 5.61. The molecular weight excluding hydrogens is 210 g/mol. The van der Waals surface area contributed by atoms with Gasteiger partial charge >= 0.3 is 6.16 Å². The first-order valence-corrected chi connectivity index (χ1v) is 5.06. The van der Waals surface area contributed by atoms with E-state index in [0.29, 0.717) is 13.2 Å². The van der Waals surface area contributed by atoms with Crippen molar-refractivity contribution in [3.05, 3.63) is 23.9 Å². The Balaban J connectivity index is 2.35. The normalized spacial score (nSPS) is 24.3. The summed E-state index contributed by atoms with van der Waals surface area (Å²) in [5.41, 5.74) is 0.578. The van der Waals surface area contributed by atoms with E-state index in [1.165, 1.54) is 6.20 Å². The molecule has 1 unspecified atom stereocenters. The van der Waals surface area contributed by atoms with Crippen LogP contribution >= 0.6 is 0 Å². The molecule has 1 aromatic rings. The van der Waals surface area contributed by atoms with Crippen LogP contribution in [-0.4, -0.2) is 29.5 Å². The van der Waals surface area contributed by atoms with Crippen molar-refractivity contribution in [2.75, 3.05) is 13.2 Å². The predicted octanol–water partition coefficient (Wildman–Crippen LogP) is 1.82. The highest BCUT2D eigenvalue weighted by Crippen LogP contribution is 2.36. The maximum Gasteiger partial charge on any atom is 0.512 e. The molecule has 0 amide bonds. The Hall–Kier alpha value is -1.62. The molecule has 5 heteroatoms. The van der Waals surface area contributed by atoms with Crippen LogP contribution in [0, 0.1) is 0 Å². The number of nitrogens with zero attached hydrogens (tertiary/aromatic N) is 1. The average molecular weight is 223 g/mol. The van der Waals surface area contributed by atoms with E-state index in [1.54, 1.807) is 6.07 Å². The van der Waals surface area contributed by atoms with Gasteiger partial charge in [-0.25, -0.2) is 9.78 Å². The molecular formula is C11H13NO4. The van der Waals surface area contributed by atoms with Crippen molar-refractivity contribution in [3.8, 4) is 5.88 Å². The van der Waals surface area contributed by atoms with Crippen molar-refractivity contribution in [1.29, 1.82) is 0 Å². The molecule has 1 saturated heterocycles. The first-order valence-electron chi connectivity index (χ1n) is 5.06. The molecule has 86 valence electrons. The minimum atomic E-state index is -1.34. The molecule has 1 atom stereocenters. The van der Waals surface area contributed by atoms with Gasteiger partial charge in [0.2, 0.25) is 5.88 Å². The summed E-state index contributed by atoms with van der Waals surface area (Å²) in [7, 11) is 0. The number of carboxylic acid groups (broad SMARTS) is 1. The van der Waals surface area contributed by atoms with E-state index in [0.717, 1.165) is 12.0 Å². The molecule has 0 bridgehead atoms. The smallest absolute Gasteiger partial charge is 0.449 e. The Bertz CT molecular complexity index is 399. The number of rotatable bonds is 2. The molecule has 0 saturated carbocycles. The molecule has 0 aliphatic carbocycles. The van der Waals surface area contributed by atoms with Crippen LogP contribution in [0.5, 0.6) is 5.88 Å². The van der Waals surface area contributed by atoms with Crippen molar-refractivity contribution in [2.24, 2.45) is 0 Å². The quantitative estimate of drug-likeness (QED) is 0.774. The van der Waals surface area contributed by atoms with Crippen LogP contribution in [0.25, 0.3) is 0 Å². The zero-order valence-electron chi connectivity index (χ0n) is 8.97. The minimum absolute atomic E-state index is 0.156. The lowest BCUT2D eigenvalue weighted by Gasteiger charge is -2.23.